The fraction of sp³-hybridized carbons (Fsp3) is 1.00. The molecule has 0 aliphatic heterocycles. The van der Waals surface area contributed by atoms with Crippen molar-refractivity contribution in [2.45, 2.75) is 31.9 Å². The van der Waals surface area contributed by atoms with Gasteiger partial charge in [0, 0.05) is 0 Å². The lowest BCUT2D eigenvalue weighted by molar-refractivity contribution is 0.144. The Labute approximate surface area is 62.0 Å². The summed E-state index contributed by atoms with van der Waals surface area (Å²) in [7, 11) is 1.86. The van der Waals surface area contributed by atoms with Gasteiger partial charge in [-0.25, -0.2) is 4.39 Å². The fourth-order valence-electron chi connectivity index (χ4n) is 1.26. The normalized spacial score (nSPS) is 24.3. The first-order chi connectivity index (χ1) is 4.67. The van der Waals surface area contributed by atoms with Gasteiger partial charge < -0.3 is 5.32 Å². The van der Waals surface area contributed by atoms with Crippen LogP contribution in [0.25, 0.3) is 0 Å². The van der Waals surface area contributed by atoms with Crippen LogP contribution in [-0.4, -0.2) is 19.3 Å². The number of halogens is 1. The molecular weight excluding hydrogens is 129 g/mol. The third kappa shape index (κ3) is 1.94. The molecular formula is C8H16FN. The van der Waals surface area contributed by atoms with Crippen LogP contribution in [-0.2, 0) is 0 Å². The minimum atomic E-state index is -0.900. The number of nitrogens with one attached hydrogen (secondary N) is 1. The summed E-state index contributed by atoms with van der Waals surface area (Å²) < 4.78 is 13.4. The Morgan fingerprint density at radius 2 is 2.20 bits per heavy atom. The molecule has 1 saturated carbocycles. The van der Waals surface area contributed by atoms with Crippen LogP contribution < -0.4 is 5.32 Å². The zero-order valence-electron chi connectivity index (χ0n) is 6.78. The van der Waals surface area contributed by atoms with E-state index in [1.165, 1.54) is 0 Å². The van der Waals surface area contributed by atoms with E-state index in [9.17, 15) is 4.39 Å². The van der Waals surface area contributed by atoms with E-state index in [4.69, 9.17) is 0 Å². The maximum Gasteiger partial charge on any atom is 0.112 e. The zero-order valence-corrected chi connectivity index (χ0v) is 6.78. The molecule has 0 aromatic carbocycles. The lowest BCUT2D eigenvalue weighted by Gasteiger charge is -2.18. The Morgan fingerprint density at radius 3 is 2.60 bits per heavy atom. The van der Waals surface area contributed by atoms with Crippen LogP contribution in [0.3, 0.4) is 0 Å². The molecule has 0 amide bonds. The van der Waals surface area contributed by atoms with Crippen molar-refractivity contribution in [3.63, 3.8) is 0 Å². The number of hydrogen-bond acceptors (Lipinski definition) is 1. The topological polar surface area (TPSA) is 12.0 Å². The molecule has 1 rings (SSSR count). The van der Waals surface area contributed by atoms with E-state index in [2.05, 4.69) is 5.32 Å². The maximum absolute atomic E-state index is 13.4. The van der Waals surface area contributed by atoms with Gasteiger partial charge in [-0.15, -0.1) is 0 Å². The Balaban J connectivity index is 2.20. The highest BCUT2D eigenvalue weighted by Gasteiger charge is 2.40. The van der Waals surface area contributed by atoms with E-state index in [1.54, 1.807) is 6.92 Å². The van der Waals surface area contributed by atoms with Gasteiger partial charge in [-0.2, -0.15) is 0 Å². The molecule has 1 fully saturated rings. The molecule has 0 heterocycles. The van der Waals surface area contributed by atoms with Crippen molar-refractivity contribution < 1.29 is 4.39 Å². The second kappa shape index (κ2) is 2.87. The third-order valence-corrected chi connectivity index (χ3v) is 2.29. The summed E-state index contributed by atoms with van der Waals surface area (Å²) in [5, 5.41) is 2.97. The Bertz CT molecular complexity index is 108. The summed E-state index contributed by atoms with van der Waals surface area (Å²) >= 11 is 0. The van der Waals surface area contributed by atoms with E-state index in [0.717, 1.165) is 19.4 Å². The van der Waals surface area contributed by atoms with Gasteiger partial charge in [-0.1, -0.05) is 0 Å². The zero-order chi connectivity index (χ0) is 7.61. The van der Waals surface area contributed by atoms with Gasteiger partial charge in [-0.3, -0.25) is 0 Å². The standard InChI is InChI=1S/C8H16FN/c1-8(9,5-6-10-2)7-3-4-7/h7,10H,3-6H2,1-2H3. The van der Waals surface area contributed by atoms with Crippen molar-refractivity contribution in [1.29, 1.82) is 0 Å². The molecule has 1 aliphatic carbocycles. The van der Waals surface area contributed by atoms with E-state index < -0.39 is 5.67 Å². The SMILES string of the molecule is CNCCC(C)(F)C1CC1. The van der Waals surface area contributed by atoms with E-state index >= 15 is 0 Å². The maximum atomic E-state index is 13.4. The first kappa shape index (κ1) is 7.99. The molecule has 0 aromatic rings. The van der Waals surface area contributed by atoms with Gasteiger partial charge in [0.15, 0.2) is 0 Å². The van der Waals surface area contributed by atoms with Crippen LogP contribution in [0.2, 0.25) is 0 Å². The van der Waals surface area contributed by atoms with Crippen molar-refractivity contribution in [2.24, 2.45) is 5.92 Å². The lowest BCUT2D eigenvalue weighted by Crippen LogP contribution is -2.26. The van der Waals surface area contributed by atoms with Gasteiger partial charge in [0.2, 0.25) is 0 Å². The largest absolute Gasteiger partial charge is 0.320 e. The summed E-state index contributed by atoms with van der Waals surface area (Å²) in [6, 6.07) is 0. The number of alkyl halides is 1. The first-order valence-electron chi connectivity index (χ1n) is 4.00. The van der Waals surface area contributed by atoms with Crippen molar-refractivity contribution in [3.05, 3.63) is 0 Å². The van der Waals surface area contributed by atoms with Crippen LogP contribution in [0.4, 0.5) is 4.39 Å². The minimum Gasteiger partial charge on any atom is -0.320 e. The molecule has 1 unspecified atom stereocenters. The van der Waals surface area contributed by atoms with E-state index in [0.29, 0.717) is 12.3 Å². The quantitative estimate of drug-likeness (QED) is 0.635. The predicted octanol–water partition coefficient (Wildman–Crippen LogP) is 1.73. The van der Waals surface area contributed by atoms with Crippen molar-refractivity contribution in [2.75, 3.05) is 13.6 Å². The van der Waals surface area contributed by atoms with Gasteiger partial charge in [0.05, 0.1) is 0 Å². The summed E-state index contributed by atoms with van der Waals surface area (Å²) in [6.07, 6.45) is 2.85. The van der Waals surface area contributed by atoms with Gasteiger partial charge in [-0.05, 0) is 45.7 Å². The van der Waals surface area contributed by atoms with Crippen LogP contribution in [0.15, 0.2) is 0 Å². The average Bonchev–Trinajstić information content (AvgIpc) is 2.64. The van der Waals surface area contributed by atoms with Crippen LogP contribution in [0.5, 0.6) is 0 Å². The minimum absolute atomic E-state index is 0.362. The molecule has 0 spiro atoms. The number of rotatable bonds is 4. The highest BCUT2D eigenvalue weighted by Crippen LogP contribution is 2.43. The smallest absolute Gasteiger partial charge is 0.112 e. The Kier molecular flexibility index (Phi) is 2.29. The monoisotopic (exact) mass is 145 g/mol. The Hall–Kier alpha value is -0.110. The molecule has 0 bridgehead atoms. The van der Waals surface area contributed by atoms with Crippen molar-refractivity contribution >= 4 is 0 Å². The summed E-state index contributed by atoms with van der Waals surface area (Å²) in [5.41, 5.74) is -0.900. The average molecular weight is 145 g/mol. The second-order valence-corrected chi connectivity index (χ2v) is 3.41. The van der Waals surface area contributed by atoms with Crippen LogP contribution >= 0.6 is 0 Å². The van der Waals surface area contributed by atoms with Crippen LogP contribution in [0, 0.1) is 5.92 Å². The molecule has 0 aromatic heterocycles. The summed E-state index contributed by atoms with van der Waals surface area (Å²) in [5.74, 6) is 0.362. The van der Waals surface area contributed by atoms with Crippen molar-refractivity contribution in [1.82, 2.24) is 5.32 Å². The van der Waals surface area contributed by atoms with Gasteiger partial charge in [0.25, 0.3) is 0 Å². The summed E-state index contributed by atoms with van der Waals surface area (Å²) in [4.78, 5) is 0. The summed E-state index contributed by atoms with van der Waals surface area (Å²) in [6.45, 7) is 2.52. The molecule has 1 aliphatic rings. The highest BCUT2D eigenvalue weighted by molar-refractivity contribution is 4.91. The molecule has 1 atom stereocenters. The van der Waals surface area contributed by atoms with Gasteiger partial charge in [0.1, 0.15) is 5.67 Å². The molecule has 1 nitrogen and oxygen atoms in total. The predicted molar refractivity (Wildman–Crippen MR) is 40.8 cm³/mol. The molecule has 2 heteroatoms. The molecule has 1 N–H and O–H groups in total. The second-order valence-electron chi connectivity index (χ2n) is 3.41. The molecule has 0 radical (unpaired) electrons. The lowest BCUT2D eigenvalue weighted by atomic mass is 9.99. The Morgan fingerprint density at radius 1 is 1.60 bits per heavy atom. The van der Waals surface area contributed by atoms with E-state index in [1.807, 2.05) is 7.05 Å². The highest BCUT2D eigenvalue weighted by atomic mass is 19.1. The van der Waals surface area contributed by atoms with Crippen LogP contribution in [0.1, 0.15) is 26.2 Å². The molecule has 10 heavy (non-hydrogen) atoms. The number of hydrogen-bond donors (Lipinski definition) is 1. The fourth-order valence-corrected chi connectivity index (χ4v) is 1.26. The third-order valence-electron chi connectivity index (χ3n) is 2.29. The first-order valence-corrected chi connectivity index (χ1v) is 4.00. The van der Waals surface area contributed by atoms with Gasteiger partial charge >= 0.3 is 0 Å². The molecule has 60 valence electrons. The van der Waals surface area contributed by atoms with E-state index in [-0.39, 0.29) is 0 Å². The van der Waals surface area contributed by atoms with Crippen molar-refractivity contribution in [3.8, 4) is 0 Å². The molecule has 0 saturated heterocycles.